The van der Waals surface area contributed by atoms with Crippen LogP contribution < -0.4 is 5.43 Å². The maximum atomic E-state index is 12.1. The Morgan fingerprint density at radius 2 is 2.08 bits per heavy atom. The molecule has 1 amide bonds. The second-order valence-electron chi connectivity index (χ2n) is 6.45. The highest BCUT2D eigenvalue weighted by Gasteiger charge is 2.10. The third-order valence-electron chi connectivity index (χ3n) is 3.78. The lowest BCUT2D eigenvalue weighted by Gasteiger charge is -2.05. The number of carbonyl (C=O) groups excluding carboxylic acids is 1. The van der Waals surface area contributed by atoms with E-state index in [0.717, 1.165) is 23.2 Å². The van der Waals surface area contributed by atoms with Crippen LogP contribution >= 0.6 is 0 Å². The molecule has 0 unspecified atom stereocenters. The van der Waals surface area contributed by atoms with Gasteiger partial charge in [0.05, 0.1) is 11.9 Å². The smallest absolute Gasteiger partial charge is 0.272 e. The maximum Gasteiger partial charge on any atom is 0.289 e. The lowest BCUT2D eigenvalue weighted by molar-refractivity contribution is 0.0950. The summed E-state index contributed by atoms with van der Waals surface area (Å²) in [6.45, 7) is 4.40. The zero-order valence-electron chi connectivity index (χ0n) is 14.8. The summed E-state index contributed by atoms with van der Waals surface area (Å²) in [6, 6.07) is 13.6. The molecule has 2 N–H and O–H groups in total. The van der Waals surface area contributed by atoms with Gasteiger partial charge in [-0.2, -0.15) is 10.2 Å². The molecule has 0 spiro atoms. The van der Waals surface area contributed by atoms with Crippen molar-refractivity contribution in [2.45, 2.75) is 20.3 Å². The van der Waals surface area contributed by atoms with Crippen molar-refractivity contribution in [1.29, 1.82) is 0 Å². The SMILES string of the molecule is CC(C)Cc1ccc(-c2cc(C(=O)N/N=C/c3cccnc3)[nH]n2)cc1. The molecule has 0 radical (unpaired) electrons. The number of pyridine rings is 1. The molecule has 0 aliphatic carbocycles. The second kappa shape index (κ2) is 8.20. The molecule has 0 saturated heterocycles. The van der Waals surface area contributed by atoms with Crippen molar-refractivity contribution in [3.05, 3.63) is 71.7 Å². The third kappa shape index (κ3) is 4.63. The minimum atomic E-state index is -0.347. The molecule has 2 heterocycles. The summed E-state index contributed by atoms with van der Waals surface area (Å²) < 4.78 is 0. The van der Waals surface area contributed by atoms with Crippen LogP contribution in [0.15, 0.2) is 60.0 Å². The molecule has 2 aromatic heterocycles. The summed E-state index contributed by atoms with van der Waals surface area (Å²) in [7, 11) is 0. The van der Waals surface area contributed by atoms with E-state index in [2.05, 4.69) is 51.7 Å². The van der Waals surface area contributed by atoms with Gasteiger partial charge in [0, 0.05) is 23.5 Å². The fourth-order valence-corrected chi connectivity index (χ4v) is 2.55. The van der Waals surface area contributed by atoms with E-state index in [1.54, 1.807) is 24.5 Å². The van der Waals surface area contributed by atoms with Crippen molar-refractivity contribution < 1.29 is 4.79 Å². The molecule has 6 nitrogen and oxygen atoms in total. The number of hydrazone groups is 1. The Labute approximate surface area is 152 Å². The zero-order valence-corrected chi connectivity index (χ0v) is 14.8. The Morgan fingerprint density at radius 3 is 2.77 bits per heavy atom. The van der Waals surface area contributed by atoms with Crippen molar-refractivity contribution >= 4 is 12.1 Å². The molecule has 0 fully saturated rings. The highest BCUT2D eigenvalue weighted by atomic mass is 16.2. The Balaban J connectivity index is 1.63. The van der Waals surface area contributed by atoms with Crippen molar-refractivity contribution in [1.82, 2.24) is 20.6 Å². The number of nitrogens with one attached hydrogen (secondary N) is 2. The average Bonchev–Trinajstić information content (AvgIpc) is 3.13. The van der Waals surface area contributed by atoms with Gasteiger partial charge in [0.1, 0.15) is 5.69 Å². The largest absolute Gasteiger partial charge is 0.289 e. The van der Waals surface area contributed by atoms with E-state index < -0.39 is 0 Å². The summed E-state index contributed by atoms with van der Waals surface area (Å²) in [4.78, 5) is 16.1. The number of carbonyl (C=O) groups is 1. The first kappa shape index (κ1) is 17.5. The molecule has 0 bridgehead atoms. The van der Waals surface area contributed by atoms with E-state index in [9.17, 15) is 4.79 Å². The predicted molar refractivity (Wildman–Crippen MR) is 102 cm³/mol. The number of aromatic amines is 1. The minimum Gasteiger partial charge on any atom is -0.272 e. The van der Waals surface area contributed by atoms with Crippen molar-refractivity contribution in [3.63, 3.8) is 0 Å². The maximum absolute atomic E-state index is 12.1. The number of benzene rings is 1. The Hall–Kier alpha value is -3.28. The number of nitrogens with zero attached hydrogens (tertiary/aromatic N) is 3. The Bertz CT molecular complexity index is 882. The first-order valence-corrected chi connectivity index (χ1v) is 8.50. The Morgan fingerprint density at radius 1 is 1.27 bits per heavy atom. The van der Waals surface area contributed by atoms with Gasteiger partial charge >= 0.3 is 0 Å². The number of hydrogen-bond acceptors (Lipinski definition) is 4. The van der Waals surface area contributed by atoms with E-state index >= 15 is 0 Å². The van der Waals surface area contributed by atoms with Crippen molar-refractivity contribution in [3.8, 4) is 11.3 Å². The van der Waals surface area contributed by atoms with Gasteiger partial charge in [-0.05, 0) is 30.0 Å². The van der Waals surface area contributed by atoms with Crippen LogP contribution in [0.5, 0.6) is 0 Å². The van der Waals surface area contributed by atoms with Gasteiger partial charge in [0.15, 0.2) is 0 Å². The van der Waals surface area contributed by atoms with Gasteiger partial charge in [-0.3, -0.25) is 14.9 Å². The molecule has 0 atom stereocenters. The normalized spacial score (nSPS) is 11.2. The minimum absolute atomic E-state index is 0.347. The molecule has 26 heavy (non-hydrogen) atoms. The second-order valence-corrected chi connectivity index (χ2v) is 6.45. The van der Waals surface area contributed by atoms with Crippen LogP contribution in [0.1, 0.15) is 35.5 Å². The number of rotatable bonds is 6. The summed E-state index contributed by atoms with van der Waals surface area (Å²) in [5.41, 5.74) is 6.62. The van der Waals surface area contributed by atoms with E-state index in [1.807, 2.05) is 18.2 Å². The highest BCUT2D eigenvalue weighted by Crippen LogP contribution is 2.19. The molecule has 0 aliphatic heterocycles. The monoisotopic (exact) mass is 347 g/mol. The van der Waals surface area contributed by atoms with Crippen LogP contribution in [0.4, 0.5) is 0 Å². The first-order valence-electron chi connectivity index (χ1n) is 8.50. The molecule has 3 rings (SSSR count). The quantitative estimate of drug-likeness (QED) is 0.529. The van der Waals surface area contributed by atoms with Gasteiger partial charge < -0.3 is 0 Å². The lowest BCUT2D eigenvalue weighted by atomic mass is 10.0. The van der Waals surface area contributed by atoms with Gasteiger partial charge in [-0.25, -0.2) is 5.43 Å². The number of H-pyrrole nitrogens is 1. The number of amides is 1. The topological polar surface area (TPSA) is 83.0 Å². The summed E-state index contributed by atoms with van der Waals surface area (Å²) in [5.74, 6) is 0.272. The van der Waals surface area contributed by atoms with Crippen LogP contribution in [-0.2, 0) is 6.42 Å². The molecule has 132 valence electrons. The van der Waals surface area contributed by atoms with E-state index in [1.165, 1.54) is 11.8 Å². The predicted octanol–water partition coefficient (Wildman–Crippen LogP) is 3.43. The van der Waals surface area contributed by atoms with E-state index in [4.69, 9.17) is 0 Å². The standard InChI is InChI=1S/C20H21N5O/c1-14(2)10-15-5-7-17(8-6-15)18-11-19(24-23-18)20(26)25-22-13-16-4-3-9-21-12-16/h3-9,11-14H,10H2,1-2H3,(H,23,24)(H,25,26)/b22-13+. The molecular weight excluding hydrogens is 326 g/mol. The molecule has 6 heteroatoms. The summed E-state index contributed by atoms with van der Waals surface area (Å²) in [6.07, 6.45) is 5.92. The third-order valence-corrected chi connectivity index (χ3v) is 3.78. The van der Waals surface area contributed by atoms with E-state index in [-0.39, 0.29) is 5.91 Å². The van der Waals surface area contributed by atoms with Crippen LogP contribution in [-0.4, -0.2) is 27.3 Å². The molecule has 3 aromatic rings. The van der Waals surface area contributed by atoms with Crippen molar-refractivity contribution in [2.75, 3.05) is 0 Å². The fraction of sp³-hybridized carbons (Fsp3) is 0.200. The molecule has 0 aliphatic rings. The van der Waals surface area contributed by atoms with Gasteiger partial charge in [-0.1, -0.05) is 44.2 Å². The number of aromatic nitrogens is 3. The molecule has 0 saturated carbocycles. The molecule has 1 aromatic carbocycles. The summed E-state index contributed by atoms with van der Waals surface area (Å²) in [5, 5.41) is 10.9. The van der Waals surface area contributed by atoms with Crippen LogP contribution in [0.25, 0.3) is 11.3 Å². The number of hydrogen-bond donors (Lipinski definition) is 2. The highest BCUT2D eigenvalue weighted by molar-refractivity contribution is 5.94. The summed E-state index contributed by atoms with van der Waals surface area (Å²) >= 11 is 0. The van der Waals surface area contributed by atoms with Crippen molar-refractivity contribution in [2.24, 2.45) is 11.0 Å². The van der Waals surface area contributed by atoms with Crippen LogP contribution in [0.2, 0.25) is 0 Å². The Kier molecular flexibility index (Phi) is 5.53. The average molecular weight is 347 g/mol. The lowest BCUT2D eigenvalue weighted by Crippen LogP contribution is -2.18. The first-order chi connectivity index (χ1) is 12.6. The van der Waals surface area contributed by atoms with Crippen LogP contribution in [0, 0.1) is 5.92 Å². The fourth-order valence-electron chi connectivity index (χ4n) is 2.55. The van der Waals surface area contributed by atoms with Crippen LogP contribution in [0.3, 0.4) is 0 Å². The van der Waals surface area contributed by atoms with E-state index in [0.29, 0.717) is 11.6 Å². The van der Waals surface area contributed by atoms with Gasteiger partial charge in [-0.15, -0.1) is 0 Å². The zero-order chi connectivity index (χ0) is 18.4. The van der Waals surface area contributed by atoms with Gasteiger partial charge in [0.25, 0.3) is 5.91 Å². The molecular formula is C20H21N5O. The van der Waals surface area contributed by atoms with Gasteiger partial charge in [0.2, 0.25) is 0 Å².